The summed E-state index contributed by atoms with van der Waals surface area (Å²) in [5, 5.41) is 3.59. The van der Waals surface area contributed by atoms with Gasteiger partial charge in [0, 0.05) is 10.2 Å². The number of halogens is 2. The molecule has 0 saturated heterocycles. The zero-order chi connectivity index (χ0) is 11.5. The zero-order valence-electron chi connectivity index (χ0n) is 8.50. The van der Waals surface area contributed by atoms with Crippen molar-refractivity contribution < 1.29 is 0 Å². The van der Waals surface area contributed by atoms with E-state index in [2.05, 4.69) is 43.0 Å². The van der Waals surface area contributed by atoms with Crippen molar-refractivity contribution in [3.63, 3.8) is 0 Å². The number of hydrogen-bond acceptors (Lipinski definition) is 4. The minimum atomic E-state index is 0.412. The molecule has 16 heavy (non-hydrogen) atoms. The van der Waals surface area contributed by atoms with E-state index in [9.17, 15) is 0 Å². The van der Waals surface area contributed by atoms with Crippen LogP contribution in [0.15, 0.2) is 22.7 Å². The molecule has 0 aliphatic carbocycles. The van der Waals surface area contributed by atoms with E-state index in [-0.39, 0.29) is 0 Å². The third-order valence-electron chi connectivity index (χ3n) is 2.15. The molecule has 84 valence electrons. The summed E-state index contributed by atoms with van der Waals surface area (Å²) in [6.45, 7) is 2.11. The topological polar surface area (TPSA) is 37.8 Å². The van der Waals surface area contributed by atoms with Crippen molar-refractivity contribution in [1.82, 2.24) is 8.75 Å². The van der Waals surface area contributed by atoms with E-state index in [1.807, 2.05) is 12.1 Å². The van der Waals surface area contributed by atoms with E-state index in [0.29, 0.717) is 11.0 Å². The SMILES string of the molecule is CCc1cc(Br)ccc1Nc1nsnc1Cl. The highest BCUT2D eigenvalue weighted by atomic mass is 79.9. The number of rotatable bonds is 3. The van der Waals surface area contributed by atoms with E-state index in [1.54, 1.807) is 0 Å². The normalized spacial score (nSPS) is 10.4. The van der Waals surface area contributed by atoms with Crippen LogP contribution >= 0.6 is 39.3 Å². The van der Waals surface area contributed by atoms with Gasteiger partial charge in [0.05, 0.1) is 11.7 Å². The molecule has 0 aliphatic heterocycles. The Hall–Kier alpha value is -0.650. The summed E-state index contributed by atoms with van der Waals surface area (Å²) >= 11 is 10.4. The van der Waals surface area contributed by atoms with Gasteiger partial charge in [0.1, 0.15) is 0 Å². The number of nitrogens with one attached hydrogen (secondary N) is 1. The van der Waals surface area contributed by atoms with Crippen molar-refractivity contribution >= 4 is 50.8 Å². The van der Waals surface area contributed by atoms with Gasteiger partial charge in [0.25, 0.3) is 0 Å². The van der Waals surface area contributed by atoms with Crippen LogP contribution in [0, 0.1) is 0 Å². The fraction of sp³-hybridized carbons (Fsp3) is 0.200. The van der Waals surface area contributed by atoms with Gasteiger partial charge in [0.2, 0.25) is 0 Å². The van der Waals surface area contributed by atoms with Gasteiger partial charge >= 0.3 is 0 Å². The maximum atomic E-state index is 5.88. The molecule has 0 saturated carbocycles. The molecule has 1 aromatic heterocycles. The van der Waals surface area contributed by atoms with Gasteiger partial charge in [-0.1, -0.05) is 34.5 Å². The van der Waals surface area contributed by atoms with Crippen LogP contribution in [-0.4, -0.2) is 8.75 Å². The molecule has 0 atom stereocenters. The lowest BCUT2D eigenvalue weighted by Gasteiger charge is -2.09. The Kier molecular flexibility index (Phi) is 3.78. The molecule has 0 bridgehead atoms. The molecule has 0 radical (unpaired) electrons. The van der Waals surface area contributed by atoms with Crippen LogP contribution in [0.2, 0.25) is 5.15 Å². The second-order valence-electron chi connectivity index (χ2n) is 3.18. The van der Waals surface area contributed by atoms with Crippen LogP contribution in [0.5, 0.6) is 0 Å². The van der Waals surface area contributed by atoms with E-state index < -0.39 is 0 Å². The first kappa shape index (κ1) is 11.8. The third-order valence-corrected chi connectivity index (χ3v) is 3.54. The molecule has 1 N–H and O–H groups in total. The lowest BCUT2D eigenvalue weighted by Crippen LogP contribution is -1.95. The fourth-order valence-electron chi connectivity index (χ4n) is 1.36. The quantitative estimate of drug-likeness (QED) is 0.919. The maximum absolute atomic E-state index is 5.88. The molecule has 3 nitrogen and oxygen atoms in total. The Morgan fingerprint density at radius 3 is 2.88 bits per heavy atom. The molecule has 0 aliphatic rings. The Balaban J connectivity index is 2.31. The summed E-state index contributed by atoms with van der Waals surface area (Å²) in [5.74, 6) is 0.615. The molecule has 1 aromatic carbocycles. The van der Waals surface area contributed by atoms with Crippen molar-refractivity contribution in [1.29, 1.82) is 0 Å². The van der Waals surface area contributed by atoms with E-state index in [4.69, 9.17) is 11.6 Å². The Labute approximate surface area is 111 Å². The van der Waals surface area contributed by atoms with Crippen LogP contribution in [-0.2, 0) is 6.42 Å². The Morgan fingerprint density at radius 1 is 1.44 bits per heavy atom. The van der Waals surface area contributed by atoms with E-state index in [1.165, 1.54) is 5.56 Å². The zero-order valence-corrected chi connectivity index (χ0v) is 11.7. The standard InChI is InChI=1S/C10H9BrClN3S/c1-2-6-5-7(11)3-4-8(6)13-10-9(12)14-16-15-10/h3-5H,2H2,1H3,(H,13,15). The van der Waals surface area contributed by atoms with Crippen LogP contribution in [0.4, 0.5) is 11.5 Å². The molecule has 2 rings (SSSR count). The predicted octanol–water partition coefficient (Wildman–Crippen LogP) is 4.26. The maximum Gasteiger partial charge on any atom is 0.187 e. The van der Waals surface area contributed by atoms with Gasteiger partial charge < -0.3 is 5.32 Å². The highest BCUT2D eigenvalue weighted by Crippen LogP contribution is 2.27. The molecule has 6 heteroatoms. The van der Waals surface area contributed by atoms with Crippen molar-refractivity contribution in [2.45, 2.75) is 13.3 Å². The van der Waals surface area contributed by atoms with Gasteiger partial charge in [-0.05, 0) is 30.2 Å². The number of hydrogen-bond donors (Lipinski definition) is 1. The second kappa shape index (κ2) is 5.12. The molecule has 2 aromatic rings. The molecular weight excluding hydrogens is 310 g/mol. The van der Waals surface area contributed by atoms with Crippen molar-refractivity contribution in [3.8, 4) is 0 Å². The molecule has 0 amide bonds. The second-order valence-corrected chi connectivity index (χ2v) is 4.99. The lowest BCUT2D eigenvalue weighted by molar-refractivity contribution is 1.14. The van der Waals surface area contributed by atoms with Gasteiger partial charge in [-0.2, -0.15) is 8.75 Å². The summed E-state index contributed by atoms with van der Waals surface area (Å²) in [6.07, 6.45) is 0.941. The van der Waals surface area contributed by atoms with Gasteiger partial charge in [-0.25, -0.2) is 0 Å². The Morgan fingerprint density at radius 2 is 2.25 bits per heavy atom. The summed E-state index contributed by atoms with van der Waals surface area (Å²) in [7, 11) is 0. The van der Waals surface area contributed by atoms with E-state index >= 15 is 0 Å². The van der Waals surface area contributed by atoms with Crippen LogP contribution in [0.3, 0.4) is 0 Å². The number of anilines is 2. The summed E-state index contributed by atoms with van der Waals surface area (Å²) in [4.78, 5) is 0. The smallest absolute Gasteiger partial charge is 0.187 e. The first-order valence-electron chi connectivity index (χ1n) is 4.74. The number of benzene rings is 1. The van der Waals surface area contributed by atoms with Crippen LogP contribution in [0.1, 0.15) is 12.5 Å². The number of aryl methyl sites for hydroxylation is 1. The van der Waals surface area contributed by atoms with Crippen LogP contribution in [0.25, 0.3) is 0 Å². The van der Waals surface area contributed by atoms with Gasteiger partial charge in [0.15, 0.2) is 11.0 Å². The third kappa shape index (κ3) is 2.53. The summed E-state index contributed by atoms with van der Waals surface area (Å²) in [6, 6.07) is 6.06. The minimum absolute atomic E-state index is 0.412. The molecule has 0 fully saturated rings. The molecule has 0 spiro atoms. The first-order valence-corrected chi connectivity index (χ1v) is 6.64. The predicted molar refractivity (Wildman–Crippen MR) is 71.7 cm³/mol. The van der Waals surface area contributed by atoms with Crippen molar-refractivity contribution in [2.24, 2.45) is 0 Å². The molecular formula is C10H9BrClN3S. The van der Waals surface area contributed by atoms with Gasteiger partial charge in [-0.3, -0.25) is 0 Å². The lowest BCUT2D eigenvalue weighted by atomic mass is 10.1. The average molecular weight is 319 g/mol. The highest BCUT2D eigenvalue weighted by Gasteiger charge is 2.08. The average Bonchev–Trinajstić information content (AvgIpc) is 2.67. The fourth-order valence-corrected chi connectivity index (χ4v) is 2.41. The minimum Gasteiger partial charge on any atom is -0.337 e. The number of nitrogens with zero attached hydrogens (tertiary/aromatic N) is 2. The van der Waals surface area contributed by atoms with Crippen molar-refractivity contribution in [3.05, 3.63) is 33.4 Å². The Bertz CT molecular complexity index is 501. The molecule has 1 heterocycles. The van der Waals surface area contributed by atoms with Crippen molar-refractivity contribution in [2.75, 3.05) is 5.32 Å². The highest BCUT2D eigenvalue weighted by molar-refractivity contribution is 9.10. The van der Waals surface area contributed by atoms with Crippen LogP contribution < -0.4 is 5.32 Å². The number of aromatic nitrogens is 2. The first-order chi connectivity index (χ1) is 7.70. The summed E-state index contributed by atoms with van der Waals surface area (Å²) in [5.41, 5.74) is 2.22. The monoisotopic (exact) mass is 317 g/mol. The van der Waals surface area contributed by atoms with Gasteiger partial charge in [-0.15, -0.1) is 0 Å². The summed E-state index contributed by atoms with van der Waals surface area (Å²) < 4.78 is 9.06. The largest absolute Gasteiger partial charge is 0.337 e. The molecule has 0 unspecified atom stereocenters. The van der Waals surface area contributed by atoms with E-state index in [0.717, 1.165) is 28.3 Å².